The molecule has 0 aliphatic heterocycles. The molecule has 0 heterocycles. The van der Waals surface area contributed by atoms with Gasteiger partial charge >= 0.3 is 0 Å². The zero-order valence-electron chi connectivity index (χ0n) is 20.3. The second-order valence-corrected chi connectivity index (χ2v) is 10.7. The van der Waals surface area contributed by atoms with Crippen molar-refractivity contribution >= 4 is 0 Å². The maximum Gasteiger partial charge on any atom is 0.0579 e. The SMILES string of the molecule is CC(C)(C)CCc1ccc(C2CCC2)cc1.CCOC(C)C(C(C)C)C(C)C. The number of hydrogen-bond donors (Lipinski definition) is 0. The first kappa shape index (κ1) is 25.2. The fraction of sp³-hybridized carbons (Fsp3) is 0.778. The van der Waals surface area contributed by atoms with E-state index in [0.717, 1.165) is 12.5 Å². The third-order valence-electron chi connectivity index (χ3n) is 6.23. The van der Waals surface area contributed by atoms with Crippen molar-refractivity contribution in [2.45, 2.75) is 106 Å². The fourth-order valence-electron chi connectivity index (χ4n) is 4.45. The van der Waals surface area contributed by atoms with Gasteiger partial charge in [-0.3, -0.25) is 0 Å². The van der Waals surface area contributed by atoms with Gasteiger partial charge < -0.3 is 4.74 Å². The molecular formula is C27H48O. The topological polar surface area (TPSA) is 9.23 Å². The van der Waals surface area contributed by atoms with E-state index in [-0.39, 0.29) is 0 Å². The maximum absolute atomic E-state index is 5.63. The van der Waals surface area contributed by atoms with Crippen molar-refractivity contribution in [3.05, 3.63) is 35.4 Å². The zero-order valence-corrected chi connectivity index (χ0v) is 20.3. The molecule has 1 aliphatic rings. The van der Waals surface area contributed by atoms with E-state index in [9.17, 15) is 0 Å². The van der Waals surface area contributed by atoms with Crippen LogP contribution in [0.15, 0.2) is 24.3 Å². The molecule has 1 saturated carbocycles. The standard InChI is InChI=1S/C16H24.C11H24O/c1-16(2,3)12-11-13-7-9-15(10-8-13)14-5-4-6-14;1-7-12-10(6)11(8(2)3)9(4)5/h7-10,14H,4-6,11-12H2,1-3H3;8-11H,7H2,1-6H3. The Morgan fingerprint density at radius 3 is 1.82 bits per heavy atom. The third kappa shape index (κ3) is 9.12. The zero-order chi connectivity index (χ0) is 21.3. The van der Waals surface area contributed by atoms with Crippen LogP contribution in [0.3, 0.4) is 0 Å². The van der Waals surface area contributed by atoms with Crippen molar-refractivity contribution in [3.8, 4) is 0 Å². The Morgan fingerprint density at radius 2 is 1.46 bits per heavy atom. The highest BCUT2D eigenvalue weighted by Gasteiger charge is 2.24. The maximum atomic E-state index is 5.63. The van der Waals surface area contributed by atoms with Crippen molar-refractivity contribution < 1.29 is 4.74 Å². The lowest BCUT2D eigenvalue weighted by atomic mass is 9.79. The van der Waals surface area contributed by atoms with Crippen LogP contribution >= 0.6 is 0 Å². The molecule has 0 aromatic heterocycles. The van der Waals surface area contributed by atoms with Gasteiger partial charge in [0.25, 0.3) is 0 Å². The summed E-state index contributed by atoms with van der Waals surface area (Å²) in [6, 6.07) is 9.36. The minimum absolute atomic E-state index is 0.398. The summed E-state index contributed by atoms with van der Waals surface area (Å²) in [4.78, 5) is 0. The van der Waals surface area contributed by atoms with E-state index in [0.29, 0.717) is 29.3 Å². The molecule has 1 nitrogen and oxygen atoms in total. The minimum atomic E-state index is 0.398. The van der Waals surface area contributed by atoms with Gasteiger partial charge in [-0.25, -0.2) is 0 Å². The number of rotatable bonds is 8. The molecule has 28 heavy (non-hydrogen) atoms. The Bertz CT molecular complexity index is 508. The van der Waals surface area contributed by atoms with Crippen LogP contribution in [0.1, 0.15) is 105 Å². The van der Waals surface area contributed by atoms with Crippen molar-refractivity contribution in [3.63, 3.8) is 0 Å². The Labute approximate surface area is 176 Å². The first-order chi connectivity index (χ1) is 13.0. The lowest BCUT2D eigenvalue weighted by molar-refractivity contribution is -0.000822. The van der Waals surface area contributed by atoms with Crippen LogP contribution < -0.4 is 0 Å². The molecule has 0 spiro atoms. The number of ether oxygens (including phenoxy) is 1. The van der Waals surface area contributed by atoms with Gasteiger partial charge in [-0.05, 0) is 79.7 Å². The first-order valence-corrected chi connectivity index (χ1v) is 11.8. The van der Waals surface area contributed by atoms with Crippen molar-refractivity contribution in [1.82, 2.24) is 0 Å². The van der Waals surface area contributed by atoms with Crippen LogP contribution in [0.2, 0.25) is 0 Å². The average Bonchev–Trinajstić information content (AvgIpc) is 2.52. The van der Waals surface area contributed by atoms with E-state index in [4.69, 9.17) is 4.74 Å². The summed E-state index contributed by atoms with van der Waals surface area (Å²) in [5.41, 5.74) is 3.51. The lowest BCUT2D eigenvalue weighted by Crippen LogP contribution is -2.29. The molecule has 2 rings (SSSR count). The molecule has 1 aliphatic carbocycles. The van der Waals surface area contributed by atoms with Gasteiger partial charge in [0.15, 0.2) is 0 Å². The van der Waals surface area contributed by atoms with E-state index in [1.54, 1.807) is 5.56 Å². The highest BCUT2D eigenvalue weighted by Crippen LogP contribution is 2.36. The molecule has 0 N–H and O–H groups in total. The van der Waals surface area contributed by atoms with Gasteiger partial charge in [0.2, 0.25) is 0 Å². The molecule has 0 saturated heterocycles. The number of hydrogen-bond acceptors (Lipinski definition) is 1. The molecule has 0 radical (unpaired) electrons. The molecular weight excluding hydrogens is 340 g/mol. The van der Waals surface area contributed by atoms with Gasteiger partial charge in [0.05, 0.1) is 6.10 Å². The van der Waals surface area contributed by atoms with Crippen LogP contribution in [-0.4, -0.2) is 12.7 Å². The predicted octanol–water partition coefficient (Wildman–Crippen LogP) is 8.27. The quantitative estimate of drug-likeness (QED) is 0.435. The molecule has 1 unspecified atom stereocenters. The average molecular weight is 389 g/mol. The van der Waals surface area contributed by atoms with Gasteiger partial charge in [-0.1, -0.05) is 79.2 Å². The number of benzene rings is 1. The summed E-state index contributed by atoms with van der Waals surface area (Å²) in [6.45, 7) is 21.1. The smallest absolute Gasteiger partial charge is 0.0579 e. The lowest BCUT2D eigenvalue weighted by Gasteiger charge is -2.30. The van der Waals surface area contributed by atoms with Gasteiger partial charge in [-0.15, -0.1) is 0 Å². The number of aryl methyl sites for hydroxylation is 1. The monoisotopic (exact) mass is 388 g/mol. The van der Waals surface area contributed by atoms with Gasteiger partial charge in [0.1, 0.15) is 0 Å². The summed E-state index contributed by atoms with van der Waals surface area (Å²) < 4.78 is 5.63. The van der Waals surface area contributed by atoms with Crippen LogP contribution in [0, 0.1) is 23.2 Å². The van der Waals surface area contributed by atoms with E-state index in [2.05, 4.69) is 86.6 Å². The molecule has 0 bridgehead atoms. The Balaban J connectivity index is 0.000000295. The Hall–Kier alpha value is -0.820. The summed E-state index contributed by atoms with van der Waals surface area (Å²) in [5, 5.41) is 0. The normalized spacial score (nSPS) is 16.1. The van der Waals surface area contributed by atoms with Crippen molar-refractivity contribution in [1.29, 1.82) is 0 Å². The molecule has 1 aromatic rings. The summed E-state index contributed by atoms with van der Waals surface area (Å²) >= 11 is 0. The fourth-order valence-corrected chi connectivity index (χ4v) is 4.45. The van der Waals surface area contributed by atoms with E-state index in [1.807, 2.05) is 0 Å². The molecule has 162 valence electrons. The van der Waals surface area contributed by atoms with Gasteiger partial charge in [0, 0.05) is 6.61 Å². The van der Waals surface area contributed by atoms with Crippen LogP contribution in [0.25, 0.3) is 0 Å². The Kier molecular flexibility index (Phi) is 10.8. The minimum Gasteiger partial charge on any atom is -0.378 e. The van der Waals surface area contributed by atoms with E-state index < -0.39 is 0 Å². The van der Waals surface area contributed by atoms with E-state index >= 15 is 0 Å². The van der Waals surface area contributed by atoms with Crippen LogP contribution in [0.4, 0.5) is 0 Å². The molecule has 1 fully saturated rings. The molecule has 1 heteroatoms. The third-order valence-corrected chi connectivity index (χ3v) is 6.23. The summed E-state index contributed by atoms with van der Waals surface area (Å²) in [7, 11) is 0. The van der Waals surface area contributed by atoms with E-state index in [1.165, 1.54) is 37.7 Å². The molecule has 1 atom stereocenters. The van der Waals surface area contributed by atoms with Gasteiger partial charge in [-0.2, -0.15) is 0 Å². The Morgan fingerprint density at radius 1 is 0.929 bits per heavy atom. The highest BCUT2D eigenvalue weighted by atomic mass is 16.5. The highest BCUT2D eigenvalue weighted by molar-refractivity contribution is 5.26. The molecule has 1 aromatic carbocycles. The summed E-state index contributed by atoms with van der Waals surface area (Å²) in [5.74, 6) is 2.99. The second kappa shape index (κ2) is 12.0. The largest absolute Gasteiger partial charge is 0.378 e. The summed E-state index contributed by atoms with van der Waals surface area (Å²) in [6.07, 6.45) is 7.12. The van der Waals surface area contributed by atoms with Crippen molar-refractivity contribution in [2.75, 3.05) is 6.61 Å². The van der Waals surface area contributed by atoms with Crippen molar-refractivity contribution in [2.24, 2.45) is 23.2 Å². The molecule has 0 amide bonds. The van der Waals surface area contributed by atoms with Crippen LogP contribution in [-0.2, 0) is 11.2 Å². The second-order valence-electron chi connectivity index (χ2n) is 10.7. The van der Waals surface area contributed by atoms with Crippen LogP contribution in [0.5, 0.6) is 0 Å². The predicted molar refractivity (Wildman–Crippen MR) is 125 cm³/mol. The first-order valence-electron chi connectivity index (χ1n) is 11.8.